The molecule has 0 atom stereocenters. The first kappa shape index (κ1) is 20.1. The van der Waals surface area contributed by atoms with Crippen LogP contribution in [0.3, 0.4) is 0 Å². The zero-order valence-corrected chi connectivity index (χ0v) is 16.9. The second kappa shape index (κ2) is 8.14. The zero-order valence-electron chi connectivity index (χ0n) is 15.3. The molecule has 0 saturated carbocycles. The summed E-state index contributed by atoms with van der Waals surface area (Å²) in [6, 6.07) is 13.4. The van der Waals surface area contributed by atoms with Crippen LogP contribution >= 0.6 is 11.6 Å². The summed E-state index contributed by atoms with van der Waals surface area (Å²) in [5, 5.41) is 7.56. The number of nitrogens with one attached hydrogen (secondary N) is 1. The smallest absolute Gasteiger partial charge is 0.258 e. The maximum atomic E-state index is 12.4. The number of carbonyl (C=O) groups is 1. The van der Waals surface area contributed by atoms with E-state index in [-0.39, 0.29) is 10.8 Å². The lowest BCUT2D eigenvalue weighted by molar-refractivity contribution is 0.102. The number of carbonyl (C=O) groups excluding carboxylic acids is 1. The standard InChI is InChI=1S/C19H19ClN4O3S/c1-23(2)28(26,27)17-9-7-16(8-10-17)22-19(25)15-11-21-24(13-15)12-14-5-3-4-6-18(14)20/h3-11,13H,12H2,1-2H3,(H,22,25). The predicted molar refractivity (Wildman–Crippen MR) is 108 cm³/mol. The third-order valence-electron chi connectivity index (χ3n) is 4.08. The Bertz CT molecular complexity index is 1090. The van der Waals surface area contributed by atoms with Gasteiger partial charge >= 0.3 is 0 Å². The maximum absolute atomic E-state index is 12.4. The minimum Gasteiger partial charge on any atom is -0.322 e. The first-order valence-corrected chi connectivity index (χ1v) is 10.2. The highest BCUT2D eigenvalue weighted by Gasteiger charge is 2.17. The Morgan fingerprint density at radius 2 is 1.82 bits per heavy atom. The number of amides is 1. The topological polar surface area (TPSA) is 84.3 Å². The lowest BCUT2D eigenvalue weighted by Gasteiger charge is -2.11. The molecular weight excluding hydrogens is 400 g/mol. The van der Waals surface area contributed by atoms with Gasteiger partial charge in [0.05, 0.1) is 23.2 Å². The third-order valence-corrected chi connectivity index (χ3v) is 6.27. The van der Waals surface area contributed by atoms with Gasteiger partial charge in [0.2, 0.25) is 10.0 Å². The molecule has 0 fully saturated rings. The number of aromatic nitrogens is 2. The van der Waals surface area contributed by atoms with Gasteiger partial charge in [-0.2, -0.15) is 5.10 Å². The summed E-state index contributed by atoms with van der Waals surface area (Å²) >= 11 is 6.15. The van der Waals surface area contributed by atoms with Gasteiger partial charge in [-0.25, -0.2) is 12.7 Å². The van der Waals surface area contributed by atoms with Crippen LogP contribution in [-0.4, -0.2) is 42.5 Å². The number of halogens is 1. The molecule has 1 amide bonds. The second-order valence-corrected chi connectivity index (χ2v) is 8.84. The van der Waals surface area contributed by atoms with Gasteiger partial charge < -0.3 is 5.32 Å². The van der Waals surface area contributed by atoms with Crippen LogP contribution in [0, 0.1) is 0 Å². The summed E-state index contributed by atoms with van der Waals surface area (Å²) in [5.74, 6) is -0.339. The van der Waals surface area contributed by atoms with Crippen LogP contribution in [0.2, 0.25) is 5.02 Å². The molecular formula is C19H19ClN4O3S. The Labute approximate surface area is 168 Å². The number of rotatable bonds is 6. The fourth-order valence-corrected chi connectivity index (χ4v) is 3.59. The number of hydrogen-bond acceptors (Lipinski definition) is 4. The molecule has 1 N–H and O–H groups in total. The summed E-state index contributed by atoms with van der Waals surface area (Å²) in [7, 11) is -0.581. The van der Waals surface area contributed by atoms with E-state index in [9.17, 15) is 13.2 Å². The van der Waals surface area contributed by atoms with E-state index in [4.69, 9.17) is 11.6 Å². The van der Waals surface area contributed by atoms with E-state index >= 15 is 0 Å². The third kappa shape index (κ3) is 4.41. The average molecular weight is 419 g/mol. The molecule has 7 nitrogen and oxygen atoms in total. The molecule has 3 rings (SSSR count). The SMILES string of the molecule is CN(C)S(=O)(=O)c1ccc(NC(=O)c2cnn(Cc3ccccc3Cl)c2)cc1. The quantitative estimate of drug-likeness (QED) is 0.666. The molecule has 3 aromatic rings. The number of nitrogens with zero attached hydrogens (tertiary/aromatic N) is 3. The highest BCUT2D eigenvalue weighted by atomic mass is 35.5. The number of anilines is 1. The molecule has 0 aliphatic carbocycles. The molecule has 9 heteroatoms. The van der Waals surface area contributed by atoms with Crippen molar-refractivity contribution in [2.24, 2.45) is 0 Å². The van der Waals surface area contributed by atoms with Gasteiger partial charge in [-0.3, -0.25) is 9.48 Å². The fourth-order valence-electron chi connectivity index (χ4n) is 2.49. The molecule has 146 valence electrons. The molecule has 1 heterocycles. The molecule has 0 spiro atoms. The lowest BCUT2D eigenvalue weighted by Crippen LogP contribution is -2.22. The van der Waals surface area contributed by atoms with Crippen molar-refractivity contribution in [1.29, 1.82) is 0 Å². The van der Waals surface area contributed by atoms with E-state index in [0.717, 1.165) is 9.87 Å². The lowest BCUT2D eigenvalue weighted by atomic mass is 10.2. The summed E-state index contributed by atoms with van der Waals surface area (Å²) in [4.78, 5) is 12.6. The van der Waals surface area contributed by atoms with Crippen LogP contribution in [0.25, 0.3) is 0 Å². The van der Waals surface area contributed by atoms with E-state index in [0.29, 0.717) is 22.8 Å². The van der Waals surface area contributed by atoms with Crippen LogP contribution in [0.1, 0.15) is 15.9 Å². The van der Waals surface area contributed by atoms with Gasteiger partial charge in [-0.1, -0.05) is 29.8 Å². The molecule has 2 aromatic carbocycles. The molecule has 0 saturated heterocycles. The molecule has 0 bridgehead atoms. The minimum atomic E-state index is -3.51. The van der Waals surface area contributed by atoms with Crippen molar-refractivity contribution in [1.82, 2.24) is 14.1 Å². The summed E-state index contributed by atoms with van der Waals surface area (Å²) in [6.07, 6.45) is 3.10. The van der Waals surface area contributed by atoms with Gasteiger partial charge in [0.1, 0.15) is 0 Å². The van der Waals surface area contributed by atoms with Crippen molar-refractivity contribution in [3.05, 3.63) is 77.1 Å². The molecule has 0 aliphatic heterocycles. The molecule has 1 aromatic heterocycles. The Hall–Kier alpha value is -2.68. The van der Waals surface area contributed by atoms with Gasteiger partial charge in [0.25, 0.3) is 5.91 Å². The van der Waals surface area contributed by atoms with E-state index in [1.165, 1.54) is 32.4 Å². The van der Waals surface area contributed by atoms with Crippen molar-refractivity contribution in [3.8, 4) is 0 Å². The van der Waals surface area contributed by atoms with E-state index < -0.39 is 10.0 Å². The van der Waals surface area contributed by atoms with Gasteiger partial charge in [0, 0.05) is 31.0 Å². The van der Waals surface area contributed by atoms with E-state index in [2.05, 4.69) is 10.4 Å². The summed E-state index contributed by atoms with van der Waals surface area (Å²) < 4.78 is 26.9. The molecule has 0 aliphatic rings. The van der Waals surface area contributed by atoms with Crippen molar-refractivity contribution in [2.75, 3.05) is 19.4 Å². The van der Waals surface area contributed by atoms with Gasteiger partial charge in [0.15, 0.2) is 0 Å². The number of benzene rings is 2. The highest BCUT2D eigenvalue weighted by molar-refractivity contribution is 7.89. The van der Waals surface area contributed by atoms with Gasteiger partial charge in [-0.05, 0) is 35.9 Å². The zero-order chi connectivity index (χ0) is 20.3. The van der Waals surface area contributed by atoms with Crippen molar-refractivity contribution < 1.29 is 13.2 Å². The Morgan fingerprint density at radius 3 is 2.46 bits per heavy atom. The first-order chi connectivity index (χ1) is 13.3. The highest BCUT2D eigenvalue weighted by Crippen LogP contribution is 2.18. The molecule has 0 radical (unpaired) electrons. The van der Waals surface area contributed by atoms with E-state index in [1.54, 1.807) is 29.1 Å². The summed E-state index contributed by atoms with van der Waals surface area (Å²) in [6.45, 7) is 0.448. The first-order valence-electron chi connectivity index (χ1n) is 8.37. The van der Waals surface area contributed by atoms with Crippen LogP contribution in [0.15, 0.2) is 65.8 Å². The van der Waals surface area contributed by atoms with Crippen LogP contribution in [-0.2, 0) is 16.6 Å². The maximum Gasteiger partial charge on any atom is 0.258 e. The monoisotopic (exact) mass is 418 g/mol. The Morgan fingerprint density at radius 1 is 1.14 bits per heavy atom. The summed E-state index contributed by atoms with van der Waals surface area (Å²) in [5.41, 5.74) is 1.77. The van der Waals surface area contributed by atoms with Crippen LogP contribution < -0.4 is 5.32 Å². The second-order valence-electron chi connectivity index (χ2n) is 6.28. The van der Waals surface area contributed by atoms with E-state index in [1.807, 2.05) is 18.2 Å². The van der Waals surface area contributed by atoms with Gasteiger partial charge in [-0.15, -0.1) is 0 Å². The Kier molecular flexibility index (Phi) is 5.83. The number of sulfonamides is 1. The average Bonchev–Trinajstić information content (AvgIpc) is 3.13. The fraction of sp³-hybridized carbons (Fsp3) is 0.158. The van der Waals surface area contributed by atoms with Crippen molar-refractivity contribution >= 4 is 33.2 Å². The van der Waals surface area contributed by atoms with Crippen molar-refractivity contribution in [2.45, 2.75) is 11.4 Å². The Balaban J connectivity index is 1.69. The van der Waals surface area contributed by atoms with Crippen LogP contribution in [0.4, 0.5) is 5.69 Å². The minimum absolute atomic E-state index is 0.156. The molecule has 0 unspecified atom stereocenters. The van der Waals surface area contributed by atoms with Crippen LogP contribution in [0.5, 0.6) is 0 Å². The molecule has 28 heavy (non-hydrogen) atoms. The van der Waals surface area contributed by atoms with Crippen molar-refractivity contribution in [3.63, 3.8) is 0 Å². The normalized spacial score (nSPS) is 11.6. The largest absolute Gasteiger partial charge is 0.322 e. The predicted octanol–water partition coefficient (Wildman–Crippen LogP) is 3.09. The number of hydrogen-bond donors (Lipinski definition) is 1.